The van der Waals surface area contributed by atoms with E-state index < -0.39 is 12.6 Å². The van der Waals surface area contributed by atoms with Gasteiger partial charge in [-0.05, 0) is 30.7 Å². The highest BCUT2D eigenvalue weighted by atomic mass is 127. The van der Waals surface area contributed by atoms with Crippen molar-refractivity contribution in [3.63, 3.8) is 0 Å². The first-order valence-electron chi connectivity index (χ1n) is 6.55. The highest BCUT2D eigenvalue weighted by Crippen LogP contribution is 2.21. The number of hydrogen-bond acceptors (Lipinski definition) is 2. The van der Waals surface area contributed by atoms with Crippen LogP contribution in [0.3, 0.4) is 0 Å². The zero-order chi connectivity index (χ0) is 14.8. The molecule has 3 nitrogen and oxygen atoms in total. The summed E-state index contributed by atoms with van der Waals surface area (Å²) in [7, 11) is 1.65. The summed E-state index contributed by atoms with van der Waals surface area (Å²) in [5.41, 5.74) is 0. The molecule has 0 aliphatic carbocycles. The van der Waals surface area contributed by atoms with E-state index in [1.807, 2.05) is 11.4 Å². The first-order valence-corrected chi connectivity index (χ1v) is 7.43. The summed E-state index contributed by atoms with van der Waals surface area (Å²) < 4.78 is 35.9. The van der Waals surface area contributed by atoms with Gasteiger partial charge in [-0.2, -0.15) is 13.2 Å². The molecule has 122 valence electrons. The molecule has 0 amide bonds. The van der Waals surface area contributed by atoms with Gasteiger partial charge in [0.25, 0.3) is 0 Å². The van der Waals surface area contributed by atoms with Crippen LogP contribution in [0, 0.1) is 0 Å². The molecule has 0 saturated heterocycles. The maximum atomic E-state index is 12.0. The molecule has 0 aliphatic heterocycles. The van der Waals surface area contributed by atoms with Crippen molar-refractivity contribution in [1.82, 2.24) is 10.6 Å². The Hall–Kier alpha value is -0.510. The molecule has 0 bridgehead atoms. The molecule has 0 saturated carbocycles. The SMILES string of the molecule is CN=C(NCCCCC(F)(F)F)NCCc1cccs1.I. The van der Waals surface area contributed by atoms with Crippen molar-refractivity contribution < 1.29 is 13.2 Å². The molecular weight excluding hydrogens is 414 g/mol. The van der Waals surface area contributed by atoms with Gasteiger partial charge >= 0.3 is 6.18 Å². The van der Waals surface area contributed by atoms with E-state index in [1.54, 1.807) is 18.4 Å². The van der Waals surface area contributed by atoms with Crippen LogP contribution in [0.4, 0.5) is 13.2 Å². The quantitative estimate of drug-likeness (QED) is 0.296. The van der Waals surface area contributed by atoms with Crippen molar-refractivity contribution in [2.75, 3.05) is 20.1 Å². The van der Waals surface area contributed by atoms with Crippen LogP contribution in [0.5, 0.6) is 0 Å². The van der Waals surface area contributed by atoms with Crippen LogP contribution in [-0.4, -0.2) is 32.3 Å². The van der Waals surface area contributed by atoms with Gasteiger partial charge in [-0.25, -0.2) is 0 Å². The number of rotatable bonds is 7. The zero-order valence-corrected chi connectivity index (χ0v) is 15.0. The zero-order valence-electron chi connectivity index (χ0n) is 11.9. The fraction of sp³-hybridized carbons (Fsp3) is 0.615. The number of halogens is 4. The van der Waals surface area contributed by atoms with Crippen molar-refractivity contribution in [2.45, 2.75) is 31.9 Å². The lowest BCUT2D eigenvalue weighted by Crippen LogP contribution is -2.38. The third kappa shape index (κ3) is 10.8. The monoisotopic (exact) mass is 435 g/mol. The summed E-state index contributed by atoms with van der Waals surface area (Å²) in [6.07, 6.45) is -3.25. The van der Waals surface area contributed by atoms with E-state index in [4.69, 9.17) is 0 Å². The fourth-order valence-corrected chi connectivity index (χ4v) is 2.35. The lowest BCUT2D eigenvalue weighted by atomic mass is 10.2. The lowest BCUT2D eigenvalue weighted by Gasteiger charge is -2.11. The molecule has 0 aromatic carbocycles. The molecule has 2 N–H and O–H groups in total. The lowest BCUT2D eigenvalue weighted by molar-refractivity contribution is -0.135. The van der Waals surface area contributed by atoms with Crippen LogP contribution in [0.15, 0.2) is 22.5 Å². The molecule has 0 spiro atoms. The number of guanidine groups is 1. The molecule has 21 heavy (non-hydrogen) atoms. The van der Waals surface area contributed by atoms with Crippen LogP contribution in [0.25, 0.3) is 0 Å². The third-order valence-corrected chi connectivity index (χ3v) is 3.58. The molecule has 8 heteroatoms. The normalized spacial score (nSPS) is 11.9. The van der Waals surface area contributed by atoms with Crippen molar-refractivity contribution >= 4 is 41.3 Å². The van der Waals surface area contributed by atoms with Crippen molar-refractivity contribution in [1.29, 1.82) is 0 Å². The van der Waals surface area contributed by atoms with Crippen molar-refractivity contribution in [2.24, 2.45) is 4.99 Å². The number of thiophene rings is 1. The number of hydrogen-bond donors (Lipinski definition) is 2. The molecule has 0 unspecified atom stereocenters. The highest BCUT2D eigenvalue weighted by molar-refractivity contribution is 14.0. The predicted molar refractivity (Wildman–Crippen MR) is 92.7 cm³/mol. The molecule has 1 aromatic heterocycles. The average Bonchev–Trinajstić information content (AvgIpc) is 2.88. The van der Waals surface area contributed by atoms with Crippen molar-refractivity contribution in [3.8, 4) is 0 Å². The Bertz CT molecular complexity index is 394. The summed E-state index contributed by atoms with van der Waals surface area (Å²) in [6.45, 7) is 1.25. The fourth-order valence-electron chi connectivity index (χ4n) is 1.64. The standard InChI is InChI=1S/C13H20F3N3S.HI/c1-17-12(18-8-3-2-7-13(14,15)16)19-9-6-11-5-4-10-20-11;/h4-5,10H,2-3,6-9H2,1H3,(H2,17,18,19);1H. The van der Waals surface area contributed by atoms with E-state index in [0.717, 1.165) is 13.0 Å². The van der Waals surface area contributed by atoms with E-state index in [1.165, 1.54) is 4.88 Å². The Morgan fingerprint density at radius 3 is 2.52 bits per heavy atom. The first-order chi connectivity index (χ1) is 9.51. The maximum absolute atomic E-state index is 12.0. The Kier molecular flexibility index (Phi) is 10.8. The van der Waals surface area contributed by atoms with Gasteiger partial charge in [0.2, 0.25) is 0 Å². The average molecular weight is 435 g/mol. The molecule has 0 fully saturated rings. The van der Waals surface area contributed by atoms with Crippen LogP contribution in [-0.2, 0) is 6.42 Å². The summed E-state index contributed by atoms with van der Waals surface area (Å²) in [5.74, 6) is 0.633. The number of aliphatic imine (C=N–C) groups is 1. The molecule has 1 aromatic rings. The van der Waals surface area contributed by atoms with Crippen LogP contribution < -0.4 is 10.6 Å². The molecule has 0 atom stereocenters. The third-order valence-electron chi connectivity index (χ3n) is 2.65. The van der Waals surface area contributed by atoms with E-state index in [-0.39, 0.29) is 30.4 Å². The van der Waals surface area contributed by atoms with Gasteiger partial charge < -0.3 is 10.6 Å². The summed E-state index contributed by atoms with van der Waals surface area (Å²) in [6, 6.07) is 4.08. The molecule has 0 radical (unpaired) electrons. The van der Waals surface area contributed by atoms with Crippen LogP contribution >= 0.6 is 35.3 Å². The van der Waals surface area contributed by atoms with E-state index in [0.29, 0.717) is 18.9 Å². The minimum absolute atomic E-state index is 0. The Labute approximate surface area is 144 Å². The maximum Gasteiger partial charge on any atom is 0.389 e. The second-order valence-electron chi connectivity index (χ2n) is 4.33. The molecule has 1 rings (SSSR count). The molecule has 1 heterocycles. The first kappa shape index (κ1) is 20.5. The Balaban J connectivity index is 0.00000400. The highest BCUT2D eigenvalue weighted by Gasteiger charge is 2.25. The van der Waals surface area contributed by atoms with Gasteiger partial charge in [0.05, 0.1) is 0 Å². The smallest absolute Gasteiger partial charge is 0.356 e. The van der Waals surface area contributed by atoms with Gasteiger partial charge in [-0.1, -0.05) is 6.07 Å². The van der Waals surface area contributed by atoms with E-state index >= 15 is 0 Å². The van der Waals surface area contributed by atoms with Crippen LogP contribution in [0.1, 0.15) is 24.1 Å². The van der Waals surface area contributed by atoms with Gasteiger partial charge in [-0.3, -0.25) is 4.99 Å². The van der Waals surface area contributed by atoms with E-state index in [9.17, 15) is 13.2 Å². The predicted octanol–water partition coefficient (Wildman–Crippen LogP) is 3.81. The summed E-state index contributed by atoms with van der Waals surface area (Å²) in [4.78, 5) is 5.32. The summed E-state index contributed by atoms with van der Waals surface area (Å²) in [5, 5.41) is 8.18. The second kappa shape index (κ2) is 11.1. The molecule has 0 aliphatic rings. The minimum Gasteiger partial charge on any atom is -0.356 e. The van der Waals surface area contributed by atoms with Crippen molar-refractivity contribution in [3.05, 3.63) is 22.4 Å². The topological polar surface area (TPSA) is 36.4 Å². The largest absolute Gasteiger partial charge is 0.389 e. The number of nitrogens with zero attached hydrogens (tertiary/aromatic N) is 1. The van der Waals surface area contributed by atoms with Gasteiger partial charge in [0.15, 0.2) is 5.96 Å². The van der Waals surface area contributed by atoms with Gasteiger partial charge in [0.1, 0.15) is 0 Å². The van der Waals surface area contributed by atoms with Gasteiger partial charge in [0, 0.05) is 31.4 Å². The summed E-state index contributed by atoms with van der Waals surface area (Å²) >= 11 is 1.70. The van der Waals surface area contributed by atoms with E-state index in [2.05, 4.69) is 21.7 Å². The van der Waals surface area contributed by atoms with Crippen LogP contribution in [0.2, 0.25) is 0 Å². The molecular formula is C13H21F3IN3S. The minimum atomic E-state index is -4.05. The second-order valence-corrected chi connectivity index (χ2v) is 5.36. The van der Waals surface area contributed by atoms with Gasteiger partial charge in [-0.15, -0.1) is 35.3 Å². The Morgan fingerprint density at radius 2 is 1.95 bits per heavy atom. The Morgan fingerprint density at radius 1 is 1.24 bits per heavy atom. The number of unbranched alkanes of at least 4 members (excludes halogenated alkanes) is 1. The number of nitrogens with one attached hydrogen (secondary N) is 2. The number of alkyl halides is 3.